The minimum Gasteiger partial charge on any atom is -0.490 e. The second-order valence-electron chi connectivity index (χ2n) is 7.35. The van der Waals surface area contributed by atoms with E-state index in [0.29, 0.717) is 13.2 Å². The van der Waals surface area contributed by atoms with Gasteiger partial charge < -0.3 is 15.0 Å². The zero-order valence-electron chi connectivity index (χ0n) is 15.1. The van der Waals surface area contributed by atoms with Crippen molar-refractivity contribution in [3.05, 3.63) is 42.5 Å². The molecule has 2 heterocycles. The first kappa shape index (κ1) is 16.8. The number of carbonyl (C=O) groups excluding carboxylic acids is 1. The van der Waals surface area contributed by atoms with Crippen LogP contribution in [0.4, 0.5) is 16.5 Å². The van der Waals surface area contributed by atoms with Crippen LogP contribution >= 0.6 is 11.3 Å². The Morgan fingerprint density at radius 3 is 2.81 bits per heavy atom. The molecule has 4 rings (SSSR count). The fourth-order valence-corrected chi connectivity index (χ4v) is 3.85. The lowest BCUT2D eigenvalue weighted by atomic mass is 9.94. The van der Waals surface area contributed by atoms with Crippen LogP contribution in [0.25, 0.3) is 10.2 Å². The minimum atomic E-state index is -0.439. The third-order valence-electron chi connectivity index (χ3n) is 4.25. The van der Waals surface area contributed by atoms with Crippen molar-refractivity contribution in [1.29, 1.82) is 0 Å². The highest BCUT2D eigenvalue weighted by Gasteiger charge is 2.32. The third kappa shape index (κ3) is 3.12. The number of nitrogens with zero attached hydrogens (tertiary/aromatic N) is 2. The lowest BCUT2D eigenvalue weighted by Crippen LogP contribution is -2.44. The van der Waals surface area contributed by atoms with Gasteiger partial charge in [0.05, 0.1) is 22.4 Å². The molecule has 3 aromatic rings. The molecule has 0 saturated carbocycles. The molecule has 1 amide bonds. The quantitative estimate of drug-likeness (QED) is 0.706. The monoisotopic (exact) mass is 367 g/mol. The van der Waals surface area contributed by atoms with E-state index in [9.17, 15) is 4.79 Å². The average Bonchev–Trinajstić information content (AvgIpc) is 3.02. The molecule has 0 aliphatic carbocycles. The number of amides is 1. The minimum absolute atomic E-state index is 0.0965. The molecule has 1 aliphatic heterocycles. The Balaban J connectivity index is 1.66. The molecule has 0 fully saturated rings. The second kappa shape index (κ2) is 6.29. The summed E-state index contributed by atoms with van der Waals surface area (Å²) in [7, 11) is 0. The SMILES string of the molecule is CC(C)(C)C(=O)N1CCOc2ccc(Nc3nc4ccccc4s3)cc21. The molecule has 0 saturated heterocycles. The Kier molecular flexibility index (Phi) is 4.07. The van der Waals surface area contributed by atoms with Crippen molar-refractivity contribution in [2.45, 2.75) is 20.8 Å². The second-order valence-corrected chi connectivity index (χ2v) is 8.38. The highest BCUT2D eigenvalue weighted by atomic mass is 32.1. The van der Waals surface area contributed by atoms with E-state index in [1.807, 2.05) is 62.1 Å². The number of nitrogens with one attached hydrogen (secondary N) is 1. The molecular weight excluding hydrogens is 346 g/mol. The molecule has 0 radical (unpaired) electrons. The number of hydrogen-bond acceptors (Lipinski definition) is 5. The van der Waals surface area contributed by atoms with Gasteiger partial charge in [0, 0.05) is 11.1 Å². The molecule has 0 unspecified atom stereocenters. The van der Waals surface area contributed by atoms with E-state index in [1.165, 1.54) is 0 Å². The van der Waals surface area contributed by atoms with Gasteiger partial charge in [-0.15, -0.1) is 0 Å². The van der Waals surface area contributed by atoms with Crippen LogP contribution in [0.3, 0.4) is 0 Å². The highest BCUT2D eigenvalue weighted by Crippen LogP contribution is 2.37. The maximum absolute atomic E-state index is 12.8. The maximum atomic E-state index is 12.8. The summed E-state index contributed by atoms with van der Waals surface area (Å²) in [4.78, 5) is 19.2. The first-order valence-electron chi connectivity index (χ1n) is 8.63. The third-order valence-corrected chi connectivity index (χ3v) is 5.21. The molecule has 0 atom stereocenters. The van der Waals surface area contributed by atoms with Gasteiger partial charge in [-0.05, 0) is 30.3 Å². The predicted octanol–water partition coefficient (Wildman–Crippen LogP) is 4.81. The van der Waals surface area contributed by atoms with Crippen molar-refractivity contribution in [3.63, 3.8) is 0 Å². The first-order valence-corrected chi connectivity index (χ1v) is 9.45. The van der Waals surface area contributed by atoms with Crippen molar-refractivity contribution >= 4 is 44.0 Å². The van der Waals surface area contributed by atoms with Crippen LogP contribution in [-0.2, 0) is 4.79 Å². The smallest absolute Gasteiger partial charge is 0.232 e. The summed E-state index contributed by atoms with van der Waals surface area (Å²) in [5, 5.41) is 4.19. The maximum Gasteiger partial charge on any atom is 0.232 e. The van der Waals surface area contributed by atoms with Crippen LogP contribution in [0.2, 0.25) is 0 Å². The molecule has 5 nitrogen and oxygen atoms in total. The summed E-state index contributed by atoms with van der Waals surface area (Å²) in [6.07, 6.45) is 0. The Labute approximate surface area is 156 Å². The Morgan fingerprint density at radius 1 is 1.23 bits per heavy atom. The molecule has 0 bridgehead atoms. The van der Waals surface area contributed by atoms with E-state index >= 15 is 0 Å². The van der Waals surface area contributed by atoms with Gasteiger partial charge in [-0.3, -0.25) is 4.79 Å². The molecule has 1 N–H and O–H groups in total. The van der Waals surface area contributed by atoms with Gasteiger partial charge in [0.1, 0.15) is 12.4 Å². The van der Waals surface area contributed by atoms with E-state index in [-0.39, 0.29) is 5.91 Å². The Hall–Kier alpha value is -2.60. The van der Waals surface area contributed by atoms with Gasteiger partial charge in [0.15, 0.2) is 5.13 Å². The van der Waals surface area contributed by atoms with E-state index in [4.69, 9.17) is 4.74 Å². The molecule has 0 spiro atoms. The normalized spacial score (nSPS) is 14.0. The average molecular weight is 367 g/mol. The number of anilines is 3. The number of benzene rings is 2. The number of fused-ring (bicyclic) bond motifs is 2. The fourth-order valence-electron chi connectivity index (χ4n) is 2.96. The van der Waals surface area contributed by atoms with Gasteiger partial charge in [0.25, 0.3) is 0 Å². The van der Waals surface area contributed by atoms with E-state index < -0.39 is 5.41 Å². The van der Waals surface area contributed by atoms with Crippen LogP contribution < -0.4 is 15.0 Å². The van der Waals surface area contributed by atoms with Crippen molar-refractivity contribution in [3.8, 4) is 5.75 Å². The van der Waals surface area contributed by atoms with Crippen molar-refractivity contribution in [2.75, 3.05) is 23.4 Å². The number of para-hydroxylation sites is 1. The lowest BCUT2D eigenvalue weighted by Gasteiger charge is -2.34. The molecular formula is C20H21N3O2S. The zero-order valence-corrected chi connectivity index (χ0v) is 15.9. The van der Waals surface area contributed by atoms with E-state index in [1.54, 1.807) is 11.3 Å². The van der Waals surface area contributed by atoms with Crippen LogP contribution in [-0.4, -0.2) is 24.0 Å². The highest BCUT2D eigenvalue weighted by molar-refractivity contribution is 7.22. The van der Waals surface area contributed by atoms with Gasteiger partial charge >= 0.3 is 0 Å². The summed E-state index contributed by atoms with van der Waals surface area (Å²) >= 11 is 1.61. The van der Waals surface area contributed by atoms with Gasteiger partial charge in [0.2, 0.25) is 5.91 Å². The number of rotatable bonds is 2. The van der Waals surface area contributed by atoms with Crippen LogP contribution in [0.5, 0.6) is 5.75 Å². The van der Waals surface area contributed by atoms with Gasteiger partial charge in [-0.2, -0.15) is 0 Å². The summed E-state index contributed by atoms with van der Waals surface area (Å²) in [5.74, 6) is 0.836. The molecule has 1 aromatic heterocycles. The van der Waals surface area contributed by atoms with Crippen LogP contribution in [0.1, 0.15) is 20.8 Å². The van der Waals surface area contributed by atoms with E-state index in [2.05, 4.69) is 16.4 Å². The molecule has 1 aliphatic rings. The summed E-state index contributed by atoms with van der Waals surface area (Å²) in [6.45, 7) is 6.89. The van der Waals surface area contributed by atoms with Crippen molar-refractivity contribution < 1.29 is 9.53 Å². The molecule has 6 heteroatoms. The standard InChI is InChI=1S/C20H21N3O2S/c1-20(2,3)18(24)23-10-11-25-16-9-8-13(12-15(16)23)21-19-22-14-6-4-5-7-17(14)26-19/h4-9,12H,10-11H2,1-3H3,(H,21,22). The van der Waals surface area contributed by atoms with Crippen LogP contribution in [0.15, 0.2) is 42.5 Å². The van der Waals surface area contributed by atoms with E-state index in [0.717, 1.165) is 32.5 Å². The van der Waals surface area contributed by atoms with Gasteiger partial charge in [-0.25, -0.2) is 4.98 Å². The number of thiazole rings is 1. The number of carbonyl (C=O) groups is 1. The Bertz CT molecular complexity index is 942. The first-order chi connectivity index (χ1) is 12.4. The van der Waals surface area contributed by atoms with Crippen molar-refractivity contribution in [1.82, 2.24) is 4.98 Å². The molecule has 2 aromatic carbocycles. The van der Waals surface area contributed by atoms with Crippen molar-refractivity contribution in [2.24, 2.45) is 5.41 Å². The lowest BCUT2D eigenvalue weighted by molar-refractivity contribution is -0.126. The number of hydrogen-bond donors (Lipinski definition) is 1. The van der Waals surface area contributed by atoms with Crippen LogP contribution in [0, 0.1) is 5.41 Å². The predicted molar refractivity (Wildman–Crippen MR) is 107 cm³/mol. The number of ether oxygens (including phenoxy) is 1. The summed E-state index contributed by atoms with van der Waals surface area (Å²) in [6, 6.07) is 13.9. The molecule has 26 heavy (non-hydrogen) atoms. The molecule has 134 valence electrons. The topological polar surface area (TPSA) is 54.5 Å². The summed E-state index contributed by atoms with van der Waals surface area (Å²) in [5.41, 5.74) is 2.23. The number of aromatic nitrogens is 1. The van der Waals surface area contributed by atoms with Gasteiger partial charge in [-0.1, -0.05) is 44.2 Å². The Morgan fingerprint density at radius 2 is 2.04 bits per heavy atom. The zero-order chi connectivity index (χ0) is 18.3. The fraction of sp³-hybridized carbons (Fsp3) is 0.300. The largest absolute Gasteiger partial charge is 0.490 e. The summed E-state index contributed by atoms with van der Waals surface area (Å²) < 4.78 is 6.87.